The molecule has 0 bridgehead atoms. The van der Waals surface area contributed by atoms with Crippen molar-refractivity contribution in [2.24, 2.45) is 0 Å². The first-order valence-electron chi connectivity index (χ1n) is 10.0. The second-order valence-corrected chi connectivity index (χ2v) is 7.62. The first-order valence-corrected chi connectivity index (χ1v) is 10.4. The van der Waals surface area contributed by atoms with Crippen LogP contribution in [0.25, 0.3) is 16.8 Å². The summed E-state index contributed by atoms with van der Waals surface area (Å²) in [4.78, 5) is 17.6. The lowest BCUT2D eigenvalue weighted by Crippen LogP contribution is -2.07. The third-order valence-corrected chi connectivity index (χ3v) is 5.51. The average molecular weight is 419 g/mol. The molecule has 2 aromatic carbocycles. The van der Waals surface area contributed by atoms with Crippen molar-refractivity contribution in [2.75, 3.05) is 7.11 Å². The molecule has 152 valence electrons. The van der Waals surface area contributed by atoms with Crippen LogP contribution >= 0.6 is 11.6 Å². The smallest absolute Gasteiger partial charge is 0.181 e. The summed E-state index contributed by atoms with van der Waals surface area (Å²) in [5.74, 6) is 0.941. The Bertz CT molecular complexity index is 1180. The number of rotatable bonds is 7. The van der Waals surface area contributed by atoms with Gasteiger partial charge in [0.2, 0.25) is 0 Å². The summed E-state index contributed by atoms with van der Waals surface area (Å²) in [6, 6.07) is 19.9. The third-order valence-electron chi connectivity index (χ3n) is 5.28. The van der Waals surface area contributed by atoms with Gasteiger partial charge in [-0.2, -0.15) is 0 Å². The minimum absolute atomic E-state index is 0.0981. The summed E-state index contributed by atoms with van der Waals surface area (Å²) < 4.78 is 7.06. The number of benzene rings is 2. The summed E-state index contributed by atoms with van der Waals surface area (Å²) in [6.07, 6.45) is 3.65. The Morgan fingerprint density at radius 2 is 1.70 bits per heavy atom. The Hall–Kier alpha value is -3.11. The van der Waals surface area contributed by atoms with Crippen molar-refractivity contribution >= 4 is 23.0 Å². The molecule has 0 fully saturated rings. The summed E-state index contributed by atoms with van der Waals surface area (Å²) in [7, 11) is 1.66. The van der Waals surface area contributed by atoms with Crippen LogP contribution in [0.3, 0.4) is 0 Å². The van der Waals surface area contributed by atoms with Gasteiger partial charge in [0.25, 0.3) is 0 Å². The number of ketones is 1. The lowest BCUT2D eigenvalue weighted by Gasteiger charge is -2.07. The molecule has 5 heteroatoms. The van der Waals surface area contributed by atoms with Gasteiger partial charge in [0, 0.05) is 23.7 Å². The highest BCUT2D eigenvalue weighted by Gasteiger charge is 2.18. The molecule has 0 unspecified atom stereocenters. The van der Waals surface area contributed by atoms with Crippen LogP contribution in [0.2, 0.25) is 5.02 Å². The Balaban J connectivity index is 1.48. The maximum atomic E-state index is 13.0. The second-order valence-electron chi connectivity index (χ2n) is 7.18. The van der Waals surface area contributed by atoms with Crippen molar-refractivity contribution in [3.05, 3.63) is 88.8 Å². The maximum absolute atomic E-state index is 13.0. The molecule has 0 N–H and O–H groups in total. The number of aryl methyl sites for hydroxylation is 2. The Morgan fingerprint density at radius 1 is 1.03 bits per heavy atom. The van der Waals surface area contributed by atoms with E-state index in [1.54, 1.807) is 19.2 Å². The van der Waals surface area contributed by atoms with E-state index in [-0.39, 0.29) is 5.78 Å². The number of halogens is 1. The van der Waals surface area contributed by atoms with E-state index in [0.29, 0.717) is 35.6 Å². The number of methoxy groups -OCH3 is 1. The predicted molar refractivity (Wildman–Crippen MR) is 121 cm³/mol. The van der Waals surface area contributed by atoms with Gasteiger partial charge in [-0.05, 0) is 47.7 Å². The van der Waals surface area contributed by atoms with Gasteiger partial charge in [0.05, 0.1) is 12.8 Å². The fourth-order valence-corrected chi connectivity index (χ4v) is 3.79. The molecule has 0 spiro atoms. The molecule has 0 radical (unpaired) electrons. The van der Waals surface area contributed by atoms with Gasteiger partial charge in [-0.1, -0.05) is 54.9 Å². The van der Waals surface area contributed by atoms with Crippen LogP contribution in [0.1, 0.15) is 35.1 Å². The van der Waals surface area contributed by atoms with Crippen molar-refractivity contribution in [3.8, 4) is 16.9 Å². The zero-order valence-electron chi connectivity index (χ0n) is 17.1. The largest absolute Gasteiger partial charge is 0.497 e. The Labute approximate surface area is 181 Å². The molecule has 4 nitrogen and oxygen atoms in total. The number of carbonyl (C=O) groups is 1. The van der Waals surface area contributed by atoms with E-state index in [9.17, 15) is 4.79 Å². The summed E-state index contributed by atoms with van der Waals surface area (Å²) >= 11 is 6.07. The van der Waals surface area contributed by atoms with Crippen LogP contribution < -0.4 is 4.74 Å². The predicted octanol–water partition coefficient (Wildman–Crippen LogP) is 6.04. The third kappa shape index (κ3) is 4.10. The minimum Gasteiger partial charge on any atom is -0.497 e. The molecule has 0 saturated heterocycles. The van der Waals surface area contributed by atoms with Gasteiger partial charge in [-0.25, -0.2) is 4.98 Å². The highest BCUT2D eigenvalue weighted by Crippen LogP contribution is 2.24. The molecule has 0 aliphatic heterocycles. The number of Topliss-reactive ketones (excluding diaryl/α,β-unsaturated/α-hetero) is 1. The van der Waals surface area contributed by atoms with E-state index in [1.807, 2.05) is 41.8 Å². The standard InChI is InChI=1S/C25H23ClN2O2/c1-3-22-25(28-15-14-20(26)16-24(28)27-22)23(29)13-6-17-4-7-18(8-5-17)19-9-11-21(30-2)12-10-19/h4-5,7-12,14-16H,3,6,13H2,1-2H3. The number of nitrogens with zero attached hydrogens (tertiary/aromatic N) is 2. The number of imidazole rings is 1. The molecule has 2 heterocycles. The van der Waals surface area contributed by atoms with Gasteiger partial charge in [-0.3, -0.25) is 9.20 Å². The Morgan fingerprint density at radius 3 is 2.33 bits per heavy atom. The lowest BCUT2D eigenvalue weighted by molar-refractivity contribution is 0.0976. The van der Waals surface area contributed by atoms with Crippen LogP contribution in [-0.2, 0) is 12.8 Å². The SMILES string of the molecule is CCc1nc2cc(Cl)ccn2c1C(=O)CCc1ccc(-c2ccc(OC)cc2)cc1. The monoisotopic (exact) mass is 418 g/mol. The highest BCUT2D eigenvalue weighted by molar-refractivity contribution is 6.30. The van der Waals surface area contributed by atoms with Crippen molar-refractivity contribution in [2.45, 2.75) is 26.2 Å². The fraction of sp³-hybridized carbons (Fsp3) is 0.200. The highest BCUT2D eigenvalue weighted by atomic mass is 35.5. The number of aromatic nitrogens is 2. The average Bonchev–Trinajstić information content (AvgIpc) is 3.15. The van der Waals surface area contributed by atoms with E-state index >= 15 is 0 Å². The maximum Gasteiger partial charge on any atom is 0.181 e. The van der Waals surface area contributed by atoms with E-state index in [0.717, 1.165) is 28.1 Å². The molecule has 2 aromatic heterocycles. The molecule has 30 heavy (non-hydrogen) atoms. The van der Waals surface area contributed by atoms with E-state index in [1.165, 1.54) is 0 Å². The molecule has 0 saturated carbocycles. The van der Waals surface area contributed by atoms with Crippen LogP contribution in [0.15, 0.2) is 66.9 Å². The normalized spacial score (nSPS) is 11.0. The summed E-state index contributed by atoms with van der Waals surface area (Å²) in [5, 5.41) is 0.617. The fourth-order valence-electron chi connectivity index (χ4n) is 3.63. The van der Waals surface area contributed by atoms with Gasteiger partial charge in [0.1, 0.15) is 17.1 Å². The number of ether oxygens (including phenoxy) is 1. The van der Waals surface area contributed by atoms with Crippen molar-refractivity contribution in [3.63, 3.8) is 0 Å². The minimum atomic E-state index is 0.0981. The molecule has 4 aromatic rings. The molecule has 0 atom stereocenters. The Kier molecular flexibility index (Phi) is 5.86. The quantitative estimate of drug-likeness (QED) is 0.343. The molecule has 0 amide bonds. The molecule has 0 aliphatic rings. The zero-order valence-corrected chi connectivity index (χ0v) is 17.8. The first kappa shape index (κ1) is 20.2. The molecular weight excluding hydrogens is 396 g/mol. The van der Waals surface area contributed by atoms with Crippen molar-refractivity contribution in [1.29, 1.82) is 0 Å². The van der Waals surface area contributed by atoms with E-state index in [2.05, 4.69) is 29.2 Å². The first-order chi connectivity index (χ1) is 14.6. The number of carbonyl (C=O) groups excluding carboxylic acids is 1. The number of hydrogen-bond donors (Lipinski definition) is 0. The van der Waals surface area contributed by atoms with E-state index < -0.39 is 0 Å². The van der Waals surface area contributed by atoms with Crippen LogP contribution in [0.5, 0.6) is 5.75 Å². The number of fused-ring (bicyclic) bond motifs is 1. The second kappa shape index (κ2) is 8.72. The van der Waals surface area contributed by atoms with E-state index in [4.69, 9.17) is 16.3 Å². The lowest BCUT2D eigenvalue weighted by atomic mass is 10.0. The van der Waals surface area contributed by atoms with Gasteiger partial charge in [0.15, 0.2) is 5.78 Å². The van der Waals surface area contributed by atoms with Crippen LogP contribution in [-0.4, -0.2) is 22.3 Å². The van der Waals surface area contributed by atoms with Gasteiger partial charge in [-0.15, -0.1) is 0 Å². The molecule has 4 rings (SSSR count). The summed E-state index contributed by atoms with van der Waals surface area (Å²) in [6.45, 7) is 2.01. The van der Waals surface area contributed by atoms with Crippen LogP contribution in [0.4, 0.5) is 0 Å². The summed E-state index contributed by atoms with van der Waals surface area (Å²) in [5.41, 5.74) is 5.60. The van der Waals surface area contributed by atoms with Crippen LogP contribution in [0, 0.1) is 0 Å². The number of pyridine rings is 1. The van der Waals surface area contributed by atoms with Crippen molar-refractivity contribution in [1.82, 2.24) is 9.38 Å². The van der Waals surface area contributed by atoms with Crippen molar-refractivity contribution < 1.29 is 9.53 Å². The number of hydrogen-bond acceptors (Lipinski definition) is 3. The van der Waals surface area contributed by atoms with Gasteiger partial charge < -0.3 is 4.74 Å². The van der Waals surface area contributed by atoms with Gasteiger partial charge >= 0.3 is 0 Å². The topological polar surface area (TPSA) is 43.6 Å². The molecular formula is C25H23ClN2O2. The molecule has 0 aliphatic carbocycles. The zero-order chi connectivity index (χ0) is 21.1.